The summed E-state index contributed by atoms with van der Waals surface area (Å²) in [6.07, 6.45) is 8.30. The van der Waals surface area contributed by atoms with Gasteiger partial charge in [-0.15, -0.1) is 6.58 Å². The smallest absolute Gasteiger partial charge is 0.0414 e. The summed E-state index contributed by atoms with van der Waals surface area (Å²) < 4.78 is 0. The number of hydrogen-bond donors (Lipinski definition) is 0. The quantitative estimate of drug-likeness (QED) is 0.527. The van der Waals surface area contributed by atoms with Gasteiger partial charge in [0.15, 0.2) is 0 Å². The Bertz CT molecular complexity index is 268. The van der Waals surface area contributed by atoms with Crippen molar-refractivity contribution in [2.75, 3.05) is 0 Å². The molecule has 0 amide bonds. The van der Waals surface area contributed by atoms with Crippen LogP contribution in [-0.2, 0) is 4.79 Å². The van der Waals surface area contributed by atoms with Gasteiger partial charge in [0.1, 0.15) is 0 Å². The Morgan fingerprint density at radius 2 is 1.94 bits per heavy atom. The molecule has 0 aliphatic carbocycles. The largest absolute Gasteiger partial charge is 0.550 e. The zero-order valence-corrected chi connectivity index (χ0v) is 11.9. The fourth-order valence-corrected chi connectivity index (χ4v) is 2.18. The van der Waals surface area contributed by atoms with Gasteiger partial charge < -0.3 is 9.90 Å². The number of rotatable bonds is 11. The van der Waals surface area contributed by atoms with Crippen molar-refractivity contribution >= 4 is 5.97 Å². The summed E-state index contributed by atoms with van der Waals surface area (Å²) in [4.78, 5) is 10.3. The molecule has 0 aliphatic heterocycles. The molecule has 18 heavy (non-hydrogen) atoms. The summed E-state index contributed by atoms with van der Waals surface area (Å²) in [5.74, 6) is 0.217. The SMILES string of the molecule is C=CCCC(CCC(C)CCCC(=O)[O-])C(=C)C. The van der Waals surface area contributed by atoms with Crippen molar-refractivity contribution in [3.63, 3.8) is 0 Å². The lowest BCUT2D eigenvalue weighted by molar-refractivity contribution is -0.305. The zero-order valence-electron chi connectivity index (χ0n) is 11.9. The third kappa shape index (κ3) is 9.03. The number of allylic oxidation sites excluding steroid dienone is 2. The van der Waals surface area contributed by atoms with Crippen molar-refractivity contribution in [2.24, 2.45) is 11.8 Å². The molecular weight excluding hydrogens is 224 g/mol. The van der Waals surface area contributed by atoms with Crippen LogP contribution in [0.5, 0.6) is 0 Å². The fraction of sp³-hybridized carbons (Fsp3) is 0.688. The van der Waals surface area contributed by atoms with Gasteiger partial charge in [-0.25, -0.2) is 0 Å². The van der Waals surface area contributed by atoms with E-state index in [-0.39, 0.29) is 6.42 Å². The molecule has 0 aromatic carbocycles. The molecule has 2 atom stereocenters. The van der Waals surface area contributed by atoms with Crippen molar-refractivity contribution < 1.29 is 9.90 Å². The van der Waals surface area contributed by atoms with Crippen molar-refractivity contribution in [2.45, 2.75) is 58.8 Å². The second kappa shape index (κ2) is 9.93. The molecule has 0 heterocycles. The van der Waals surface area contributed by atoms with Crippen LogP contribution < -0.4 is 5.11 Å². The second-order valence-electron chi connectivity index (χ2n) is 5.36. The number of aliphatic carboxylic acids is 1. The number of carboxylic acids is 1. The summed E-state index contributed by atoms with van der Waals surface area (Å²) in [6, 6.07) is 0. The minimum Gasteiger partial charge on any atom is -0.550 e. The first kappa shape index (κ1) is 16.9. The highest BCUT2D eigenvalue weighted by Gasteiger charge is 2.11. The molecule has 2 heteroatoms. The summed E-state index contributed by atoms with van der Waals surface area (Å²) in [5.41, 5.74) is 1.25. The van der Waals surface area contributed by atoms with Crippen LogP contribution in [0.3, 0.4) is 0 Å². The Kier molecular flexibility index (Phi) is 9.35. The Labute approximate surface area is 112 Å². The van der Waals surface area contributed by atoms with Gasteiger partial charge in [0, 0.05) is 5.97 Å². The lowest BCUT2D eigenvalue weighted by Crippen LogP contribution is -2.21. The molecule has 0 saturated heterocycles. The van der Waals surface area contributed by atoms with Crippen LogP contribution in [0.1, 0.15) is 58.8 Å². The summed E-state index contributed by atoms with van der Waals surface area (Å²) in [6.45, 7) is 12.1. The van der Waals surface area contributed by atoms with Crippen molar-refractivity contribution in [3.05, 3.63) is 24.8 Å². The van der Waals surface area contributed by atoms with Gasteiger partial charge in [-0.05, 0) is 50.9 Å². The zero-order chi connectivity index (χ0) is 14.0. The average Bonchev–Trinajstić information content (AvgIpc) is 2.28. The summed E-state index contributed by atoms with van der Waals surface area (Å²) in [7, 11) is 0. The summed E-state index contributed by atoms with van der Waals surface area (Å²) in [5, 5.41) is 10.3. The Hall–Kier alpha value is -1.05. The molecule has 0 fully saturated rings. The molecule has 0 aromatic rings. The van der Waals surface area contributed by atoms with Crippen LogP contribution in [0.15, 0.2) is 24.8 Å². The topological polar surface area (TPSA) is 40.1 Å². The average molecular weight is 251 g/mol. The number of hydrogen-bond acceptors (Lipinski definition) is 2. The van der Waals surface area contributed by atoms with E-state index in [0.29, 0.717) is 11.8 Å². The minimum absolute atomic E-state index is 0.185. The Morgan fingerprint density at radius 1 is 1.28 bits per heavy atom. The molecule has 0 spiro atoms. The van der Waals surface area contributed by atoms with E-state index in [1.54, 1.807) is 0 Å². The van der Waals surface area contributed by atoms with Crippen LogP contribution in [0.4, 0.5) is 0 Å². The van der Waals surface area contributed by atoms with Gasteiger partial charge in [-0.2, -0.15) is 0 Å². The van der Waals surface area contributed by atoms with E-state index in [4.69, 9.17) is 0 Å². The minimum atomic E-state index is -0.937. The van der Waals surface area contributed by atoms with Crippen LogP contribution in [0, 0.1) is 11.8 Å². The molecule has 0 radical (unpaired) electrons. The van der Waals surface area contributed by atoms with Gasteiger partial charge in [0.25, 0.3) is 0 Å². The second-order valence-corrected chi connectivity index (χ2v) is 5.36. The first-order chi connectivity index (χ1) is 8.47. The molecule has 0 aliphatic rings. The van der Waals surface area contributed by atoms with Gasteiger partial charge in [0.2, 0.25) is 0 Å². The van der Waals surface area contributed by atoms with Crippen LogP contribution in [0.2, 0.25) is 0 Å². The van der Waals surface area contributed by atoms with E-state index in [9.17, 15) is 9.90 Å². The highest BCUT2D eigenvalue weighted by atomic mass is 16.4. The van der Waals surface area contributed by atoms with E-state index >= 15 is 0 Å². The number of carboxylic acid groups (broad SMARTS) is 1. The molecule has 2 nitrogen and oxygen atoms in total. The number of carbonyl (C=O) groups excluding carboxylic acids is 1. The van der Waals surface area contributed by atoms with Crippen LogP contribution >= 0.6 is 0 Å². The van der Waals surface area contributed by atoms with Crippen LogP contribution in [-0.4, -0.2) is 5.97 Å². The van der Waals surface area contributed by atoms with Crippen LogP contribution in [0.25, 0.3) is 0 Å². The Morgan fingerprint density at radius 3 is 2.44 bits per heavy atom. The van der Waals surface area contributed by atoms with E-state index < -0.39 is 5.97 Å². The maximum absolute atomic E-state index is 10.3. The lowest BCUT2D eigenvalue weighted by atomic mass is 9.87. The van der Waals surface area contributed by atoms with Gasteiger partial charge >= 0.3 is 0 Å². The maximum Gasteiger partial charge on any atom is 0.0414 e. The molecule has 2 unspecified atom stereocenters. The fourth-order valence-electron chi connectivity index (χ4n) is 2.18. The molecule has 104 valence electrons. The normalized spacial score (nSPS) is 13.9. The van der Waals surface area contributed by atoms with E-state index in [0.717, 1.165) is 38.5 Å². The monoisotopic (exact) mass is 251 g/mol. The van der Waals surface area contributed by atoms with Gasteiger partial charge in [-0.3, -0.25) is 0 Å². The van der Waals surface area contributed by atoms with Gasteiger partial charge in [0.05, 0.1) is 0 Å². The predicted octanol–water partition coefficient (Wildman–Crippen LogP) is 3.48. The molecular formula is C16H27O2-. The Balaban J connectivity index is 3.84. The van der Waals surface area contributed by atoms with Gasteiger partial charge in [-0.1, -0.05) is 38.0 Å². The molecule has 0 rings (SSSR count). The van der Waals surface area contributed by atoms with Crippen molar-refractivity contribution in [1.82, 2.24) is 0 Å². The standard InChI is InChI=1S/C16H28O2/c1-5-6-9-15(13(2)3)12-11-14(4)8-7-10-16(17)18/h5,14-15H,1-2,6-12H2,3-4H3,(H,17,18)/p-1. The van der Waals surface area contributed by atoms with E-state index in [1.807, 2.05) is 6.08 Å². The third-order valence-electron chi connectivity index (χ3n) is 3.50. The highest BCUT2D eigenvalue weighted by Crippen LogP contribution is 2.25. The predicted molar refractivity (Wildman–Crippen MR) is 75.0 cm³/mol. The van der Waals surface area contributed by atoms with Crippen molar-refractivity contribution in [1.29, 1.82) is 0 Å². The first-order valence-corrected chi connectivity index (χ1v) is 6.93. The molecule has 0 N–H and O–H groups in total. The summed E-state index contributed by atoms with van der Waals surface area (Å²) >= 11 is 0. The van der Waals surface area contributed by atoms with E-state index in [2.05, 4.69) is 27.0 Å². The highest BCUT2D eigenvalue weighted by molar-refractivity contribution is 5.64. The lowest BCUT2D eigenvalue weighted by Gasteiger charge is -2.19. The van der Waals surface area contributed by atoms with E-state index in [1.165, 1.54) is 5.57 Å². The molecule has 0 bridgehead atoms. The number of carbonyl (C=O) groups is 1. The third-order valence-corrected chi connectivity index (χ3v) is 3.50. The van der Waals surface area contributed by atoms with Crippen molar-refractivity contribution in [3.8, 4) is 0 Å². The maximum atomic E-state index is 10.3. The molecule has 0 saturated carbocycles. The first-order valence-electron chi connectivity index (χ1n) is 6.93. The molecule has 0 aromatic heterocycles.